The van der Waals surface area contributed by atoms with Gasteiger partial charge in [0.2, 0.25) is 17.7 Å². The molecule has 1 aromatic heterocycles. The van der Waals surface area contributed by atoms with Crippen molar-refractivity contribution in [3.8, 4) is 22.9 Å². The number of carbonyl (C=O) groups excluding carboxylic acids is 1. The van der Waals surface area contributed by atoms with Gasteiger partial charge in [-0.15, -0.1) is 0 Å². The molecule has 0 aliphatic carbocycles. The van der Waals surface area contributed by atoms with Crippen molar-refractivity contribution >= 4 is 5.91 Å². The minimum Gasteiger partial charge on any atom is -0.481 e. The molecule has 0 saturated carbocycles. The van der Waals surface area contributed by atoms with Crippen LogP contribution in [0.15, 0.2) is 36.4 Å². The van der Waals surface area contributed by atoms with Gasteiger partial charge in [0.15, 0.2) is 0 Å². The van der Waals surface area contributed by atoms with Crippen LogP contribution < -0.4 is 14.8 Å². The van der Waals surface area contributed by atoms with Gasteiger partial charge in [-0.3, -0.25) is 4.79 Å². The number of rotatable bonds is 5. The van der Waals surface area contributed by atoms with Gasteiger partial charge in [-0.2, -0.15) is 4.98 Å². The van der Waals surface area contributed by atoms with E-state index in [-0.39, 0.29) is 5.91 Å². The van der Waals surface area contributed by atoms with Gasteiger partial charge in [-0.1, -0.05) is 24.3 Å². The Hall–Kier alpha value is -2.56. The number of pyridine rings is 1. The predicted octanol–water partition coefficient (Wildman–Crippen LogP) is 2.05. The molecule has 1 amide bonds. The van der Waals surface area contributed by atoms with Gasteiger partial charge in [-0.05, 0) is 17.2 Å². The number of aromatic nitrogens is 1. The second kappa shape index (κ2) is 6.74. The maximum atomic E-state index is 11.4. The van der Waals surface area contributed by atoms with Crippen molar-refractivity contribution in [2.75, 3.05) is 21.3 Å². The van der Waals surface area contributed by atoms with E-state index in [2.05, 4.69) is 10.3 Å². The molecule has 0 bridgehead atoms. The maximum Gasteiger partial charge on any atom is 0.224 e. The summed E-state index contributed by atoms with van der Waals surface area (Å²) in [6.45, 7) is 0. The van der Waals surface area contributed by atoms with Crippen molar-refractivity contribution in [3.63, 3.8) is 0 Å². The molecule has 0 unspecified atom stereocenters. The molecule has 1 aromatic carbocycles. The minimum absolute atomic E-state index is 0.00792. The highest BCUT2D eigenvalue weighted by atomic mass is 16.5. The third-order valence-corrected chi connectivity index (χ3v) is 3.15. The minimum atomic E-state index is -0.00792. The molecule has 0 fully saturated rings. The highest BCUT2D eigenvalue weighted by Crippen LogP contribution is 2.30. The van der Waals surface area contributed by atoms with Crippen LogP contribution in [-0.4, -0.2) is 32.2 Å². The van der Waals surface area contributed by atoms with Gasteiger partial charge in [0.05, 0.1) is 20.6 Å². The van der Waals surface area contributed by atoms with E-state index in [1.807, 2.05) is 30.3 Å². The van der Waals surface area contributed by atoms with E-state index >= 15 is 0 Å². The summed E-state index contributed by atoms with van der Waals surface area (Å²) in [4.78, 5) is 15.6. The number of nitrogens with one attached hydrogen (secondary N) is 1. The van der Waals surface area contributed by atoms with Gasteiger partial charge in [0, 0.05) is 18.7 Å². The van der Waals surface area contributed by atoms with Crippen LogP contribution in [0, 0.1) is 0 Å². The summed E-state index contributed by atoms with van der Waals surface area (Å²) in [6, 6.07) is 11.4. The molecular formula is C16H18N2O3. The molecule has 5 heteroatoms. The van der Waals surface area contributed by atoms with E-state index in [0.717, 1.165) is 16.7 Å². The van der Waals surface area contributed by atoms with Crippen LogP contribution in [0.3, 0.4) is 0 Å². The third-order valence-electron chi connectivity index (χ3n) is 3.15. The monoisotopic (exact) mass is 286 g/mol. The lowest BCUT2D eigenvalue weighted by atomic mass is 10.0. The van der Waals surface area contributed by atoms with Crippen LogP contribution >= 0.6 is 0 Å². The van der Waals surface area contributed by atoms with Gasteiger partial charge >= 0.3 is 0 Å². The summed E-state index contributed by atoms with van der Waals surface area (Å²) < 4.78 is 10.4. The Labute approximate surface area is 123 Å². The quantitative estimate of drug-likeness (QED) is 0.914. The molecule has 110 valence electrons. The van der Waals surface area contributed by atoms with Crippen LogP contribution in [0.4, 0.5) is 0 Å². The molecule has 0 saturated heterocycles. The van der Waals surface area contributed by atoms with Gasteiger partial charge in [-0.25, -0.2) is 0 Å². The molecule has 1 N–H and O–H groups in total. The molecule has 21 heavy (non-hydrogen) atoms. The Morgan fingerprint density at radius 2 is 1.81 bits per heavy atom. The summed E-state index contributed by atoms with van der Waals surface area (Å²) in [7, 11) is 4.77. The molecule has 0 atom stereocenters. The second-order valence-electron chi connectivity index (χ2n) is 4.46. The molecule has 0 aliphatic heterocycles. The fraction of sp³-hybridized carbons (Fsp3) is 0.250. The van der Waals surface area contributed by atoms with Gasteiger partial charge in [0.25, 0.3) is 0 Å². The number of ether oxygens (including phenoxy) is 2. The molecule has 2 rings (SSSR count). The van der Waals surface area contributed by atoms with E-state index in [1.165, 1.54) is 0 Å². The molecule has 0 aliphatic rings. The van der Waals surface area contributed by atoms with Crippen molar-refractivity contribution in [1.82, 2.24) is 10.3 Å². The van der Waals surface area contributed by atoms with E-state index in [4.69, 9.17) is 9.47 Å². The maximum absolute atomic E-state index is 11.4. The Morgan fingerprint density at radius 1 is 1.10 bits per heavy atom. The normalized spacial score (nSPS) is 10.0. The number of hydrogen-bond donors (Lipinski definition) is 1. The molecule has 0 radical (unpaired) electrons. The highest BCUT2D eigenvalue weighted by Gasteiger charge is 2.09. The van der Waals surface area contributed by atoms with Crippen molar-refractivity contribution < 1.29 is 14.3 Å². The number of nitrogens with zero attached hydrogens (tertiary/aromatic N) is 1. The number of amides is 1. The molecule has 0 spiro atoms. The molecule has 2 aromatic rings. The first-order chi connectivity index (χ1) is 10.2. The summed E-state index contributed by atoms with van der Waals surface area (Å²) in [5.74, 6) is 1.01. The lowest BCUT2D eigenvalue weighted by Gasteiger charge is -2.10. The zero-order chi connectivity index (χ0) is 15.2. The number of carbonyl (C=O) groups is 1. The van der Waals surface area contributed by atoms with Crippen LogP contribution in [0.25, 0.3) is 11.1 Å². The van der Waals surface area contributed by atoms with E-state index < -0.39 is 0 Å². The Kier molecular flexibility index (Phi) is 4.77. The molecule has 1 heterocycles. The van der Waals surface area contributed by atoms with Crippen LogP contribution in [0.5, 0.6) is 11.8 Å². The topological polar surface area (TPSA) is 60.5 Å². The van der Waals surface area contributed by atoms with Crippen molar-refractivity contribution in [2.24, 2.45) is 0 Å². The fourth-order valence-corrected chi connectivity index (χ4v) is 1.99. The van der Waals surface area contributed by atoms with Crippen LogP contribution in [0.2, 0.25) is 0 Å². The summed E-state index contributed by atoms with van der Waals surface area (Å²) in [5.41, 5.74) is 2.81. The zero-order valence-corrected chi connectivity index (χ0v) is 12.3. The average Bonchev–Trinajstić information content (AvgIpc) is 2.54. The van der Waals surface area contributed by atoms with Crippen molar-refractivity contribution in [1.29, 1.82) is 0 Å². The van der Waals surface area contributed by atoms with Crippen molar-refractivity contribution in [3.05, 3.63) is 42.0 Å². The van der Waals surface area contributed by atoms with Gasteiger partial charge in [0.1, 0.15) is 0 Å². The average molecular weight is 286 g/mol. The first-order valence-electron chi connectivity index (χ1n) is 6.57. The smallest absolute Gasteiger partial charge is 0.224 e. The Balaban J connectivity index is 2.28. The molecular weight excluding hydrogens is 268 g/mol. The summed E-state index contributed by atoms with van der Waals surface area (Å²) >= 11 is 0. The summed E-state index contributed by atoms with van der Waals surface area (Å²) in [5, 5.41) is 2.61. The Bertz CT molecular complexity index is 624. The fourth-order valence-electron chi connectivity index (χ4n) is 1.99. The predicted molar refractivity (Wildman–Crippen MR) is 80.5 cm³/mol. The Morgan fingerprint density at radius 3 is 2.38 bits per heavy atom. The lowest BCUT2D eigenvalue weighted by Crippen LogP contribution is -2.19. The highest BCUT2D eigenvalue weighted by molar-refractivity contribution is 5.78. The largest absolute Gasteiger partial charge is 0.481 e. The SMILES string of the molecule is CNC(=O)Cc1ccc(-c2ccc(OC)nc2OC)cc1. The zero-order valence-electron chi connectivity index (χ0n) is 12.3. The number of hydrogen-bond acceptors (Lipinski definition) is 4. The van der Waals surface area contributed by atoms with E-state index in [1.54, 1.807) is 27.3 Å². The number of methoxy groups -OCH3 is 2. The number of likely N-dealkylation sites (N-methyl/N-ethyl adjacent to an activating group) is 1. The summed E-state index contributed by atoms with van der Waals surface area (Å²) in [6.07, 6.45) is 0.370. The molecule has 5 nitrogen and oxygen atoms in total. The standard InChI is InChI=1S/C16H18N2O3/c1-17-14(19)10-11-4-6-12(7-5-11)13-8-9-15(20-2)18-16(13)21-3/h4-9H,10H2,1-3H3,(H,17,19). The van der Waals surface area contributed by atoms with Gasteiger partial charge < -0.3 is 14.8 Å². The van der Waals surface area contributed by atoms with Crippen molar-refractivity contribution in [2.45, 2.75) is 6.42 Å². The number of benzene rings is 1. The third kappa shape index (κ3) is 3.51. The van der Waals surface area contributed by atoms with Crippen LogP contribution in [0.1, 0.15) is 5.56 Å². The first-order valence-corrected chi connectivity index (χ1v) is 6.57. The second-order valence-corrected chi connectivity index (χ2v) is 4.46. The van der Waals surface area contributed by atoms with E-state index in [0.29, 0.717) is 18.2 Å². The lowest BCUT2D eigenvalue weighted by molar-refractivity contribution is -0.119. The van der Waals surface area contributed by atoms with E-state index in [9.17, 15) is 4.79 Å². The van der Waals surface area contributed by atoms with Crippen LogP contribution in [-0.2, 0) is 11.2 Å². The first kappa shape index (κ1) is 14.8.